The van der Waals surface area contributed by atoms with Crippen molar-refractivity contribution in [2.45, 2.75) is 37.5 Å². The zero-order valence-electron chi connectivity index (χ0n) is 11.9. The van der Waals surface area contributed by atoms with Crippen LogP contribution in [0.3, 0.4) is 0 Å². The van der Waals surface area contributed by atoms with Gasteiger partial charge in [0.1, 0.15) is 12.0 Å². The van der Waals surface area contributed by atoms with Gasteiger partial charge < -0.3 is 5.73 Å². The Morgan fingerprint density at radius 3 is 2.77 bits per heavy atom. The van der Waals surface area contributed by atoms with Gasteiger partial charge in [0.2, 0.25) is 0 Å². The van der Waals surface area contributed by atoms with Crippen molar-refractivity contribution < 1.29 is 17.6 Å². The molecule has 1 saturated heterocycles. The molecule has 0 spiro atoms. The summed E-state index contributed by atoms with van der Waals surface area (Å²) in [6, 6.07) is 5.01. The highest BCUT2D eigenvalue weighted by Gasteiger charge is 2.40. The van der Waals surface area contributed by atoms with E-state index in [0.717, 1.165) is 18.2 Å². The van der Waals surface area contributed by atoms with Crippen molar-refractivity contribution in [1.82, 2.24) is 4.90 Å². The van der Waals surface area contributed by atoms with Crippen LogP contribution in [0.5, 0.6) is 0 Å². The molecule has 0 bridgehead atoms. The minimum Gasteiger partial charge on any atom is -0.322 e. The van der Waals surface area contributed by atoms with Gasteiger partial charge in [-0.25, -0.2) is 17.6 Å². The number of likely N-dealkylation sites (tertiary alicyclic amines) is 1. The molecule has 1 aromatic rings. The SMILES string of the molecule is N#CCC1(N)CCN(Cc2cc(C(F)F)ccc2F)CC1F. The number of halogens is 4. The molecular formula is C15H17F4N3. The van der Waals surface area contributed by atoms with E-state index in [4.69, 9.17) is 11.0 Å². The van der Waals surface area contributed by atoms with Crippen molar-refractivity contribution in [3.63, 3.8) is 0 Å². The first-order chi connectivity index (χ1) is 10.4. The lowest BCUT2D eigenvalue weighted by Gasteiger charge is -2.40. The summed E-state index contributed by atoms with van der Waals surface area (Å²) in [6.45, 7) is 0.378. The molecule has 120 valence electrons. The lowest BCUT2D eigenvalue weighted by Crippen LogP contribution is -2.58. The summed E-state index contributed by atoms with van der Waals surface area (Å²) in [7, 11) is 0. The third-order valence-corrected chi connectivity index (χ3v) is 4.06. The van der Waals surface area contributed by atoms with E-state index in [2.05, 4.69) is 0 Å². The van der Waals surface area contributed by atoms with Crippen molar-refractivity contribution in [3.05, 3.63) is 35.1 Å². The number of piperidine rings is 1. The molecule has 3 nitrogen and oxygen atoms in total. The normalized spacial score (nSPS) is 26.1. The Labute approximate surface area is 126 Å². The average Bonchev–Trinajstić information content (AvgIpc) is 2.45. The second kappa shape index (κ2) is 6.63. The van der Waals surface area contributed by atoms with Gasteiger partial charge in [-0.1, -0.05) is 6.07 Å². The Morgan fingerprint density at radius 1 is 1.45 bits per heavy atom. The van der Waals surface area contributed by atoms with Crippen LogP contribution in [0.25, 0.3) is 0 Å². The fourth-order valence-electron chi connectivity index (χ4n) is 2.61. The zero-order chi connectivity index (χ0) is 16.3. The van der Waals surface area contributed by atoms with Gasteiger partial charge in [-0.2, -0.15) is 5.26 Å². The van der Waals surface area contributed by atoms with Gasteiger partial charge in [0.15, 0.2) is 0 Å². The van der Waals surface area contributed by atoms with E-state index in [9.17, 15) is 17.6 Å². The van der Waals surface area contributed by atoms with E-state index >= 15 is 0 Å². The van der Waals surface area contributed by atoms with Crippen molar-refractivity contribution in [2.75, 3.05) is 13.1 Å². The van der Waals surface area contributed by atoms with Gasteiger partial charge in [0.05, 0.1) is 18.0 Å². The highest BCUT2D eigenvalue weighted by Crippen LogP contribution is 2.28. The molecule has 0 radical (unpaired) electrons. The van der Waals surface area contributed by atoms with Crippen molar-refractivity contribution in [3.8, 4) is 6.07 Å². The molecule has 0 aromatic heterocycles. The highest BCUT2D eigenvalue weighted by atomic mass is 19.3. The van der Waals surface area contributed by atoms with Crippen molar-refractivity contribution in [2.24, 2.45) is 5.73 Å². The van der Waals surface area contributed by atoms with Gasteiger partial charge in [0.25, 0.3) is 6.43 Å². The maximum absolute atomic E-state index is 14.1. The molecule has 1 aliphatic rings. The fourth-order valence-corrected chi connectivity index (χ4v) is 2.61. The van der Waals surface area contributed by atoms with Crippen LogP contribution in [0.2, 0.25) is 0 Å². The Kier molecular flexibility index (Phi) is 5.04. The third-order valence-electron chi connectivity index (χ3n) is 4.06. The van der Waals surface area contributed by atoms with Crippen LogP contribution >= 0.6 is 0 Å². The van der Waals surface area contributed by atoms with E-state index in [1.54, 1.807) is 4.90 Å². The molecule has 1 aliphatic heterocycles. The van der Waals surface area contributed by atoms with E-state index in [1.165, 1.54) is 0 Å². The van der Waals surface area contributed by atoms with Crippen LogP contribution in [0, 0.1) is 17.1 Å². The number of nitrogens with zero attached hydrogens (tertiary/aromatic N) is 2. The zero-order valence-corrected chi connectivity index (χ0v) is 11.9. The molecule has 2 unspecified atom stereocenters. The number of hydrogen-bond donors (Lipinski definition) is 1. The second-order valence-corrected chi connectivity index (χ2v) is 5.67. The first-order valence-electron chi connectivity index (χ1n) is 6.94. The van der Waals surface area contributed by atoms with Crippen LogP contribution in [0.1, 0.15) is 30.4 Å². The average molecular weight is 315 g/mol. The Balaban J connectivity index is 2.07. The lowest BCUT2D eigenvalue weighted by atomic mass is 9.84. The quantitative estimate of drug-likeness (QED) is 0.869. The number of hydrogen-bond acceptors (Lipinski definition) is 3. The van der Waals surface area contributed by atoms with Gasteiger partial charge in [-0.15, -0.1) is 0 Å². The van der Waals surface area contributed by atoms with Crippen LogP contribution in [0.4, 0.5) is 17.6 Å². The maximum atomic E-state index is 14.1. The first-order valence-corrected chi connectivity index (χ1v) is 6.94. The summed E-state index contributed by atoms with van der Waals surface area (Å²) in [5, 5.41) is 8.69. The molecule has 22 heavy (non-hydrogen) atoms. The highest BCUT2D eigenvalue weighted by molar-refractivity contribution is 5.26. The maximum Gasteiger partial charge on any atom is 0.263 e. The molecular weight excluding hydrogens is 298 g/mol. The monoisotopic (exact) mass is 315 g/mol. The molecule has 1 heterocycles. The minimum absolute atomic E-state index is 0.0371. The van der Waals surface area contributed by atoms with Crippen LogP contribution in [-0.2, 0) is 6.54 Å². The van der Waals surface area contributed by atoms with Crippen molar-refractivity contribution in [1.29, 1.82) is 5.26 Å². The largest absolute Gasteiger partial charge is 0.322 e. The number of rotatable bonds is 4. The molecule has 0 saturated carbocycles. The summed E-state index contributed by atoms with van der Waals surface area (Å²) in [5.74, 6) is -0.596. The van der Waals surface area contributed by atoms with Crippen molar-refractivity contribution >= 4 is 0 Å². The second-order valence-electron chi connectivity index (χ2n) is 5.67. The molecule has 0 amide bonds. The van der Waals surface area contributed by atoms with Gasteiger partial charge >= 0.3 is 0 Å². The standard InChI is InChI=1S/C15H17F4N3/c16-12-2-1-10(14(18)19)7-11(12)8-22-6-4-15(21,3-5-20)13(17)9-22/h1-2,7,13-14H,3-4,6,8-9,21H2. The van der Waals surface area contributed by atoms with E-state index in [0.29, 0.717) is 6.54 Å². The summed E-state index contributed by atoms with van der Waals surface area (Å²) in [4.78, 5) is 1.63. The molecule has 2 N–H and O–H groups in total. The first kappa shape index (κ1) is 16.7. The fraction of sp³-hybridized carbons (Fsp3) is 0.533. The van der Waals surface area contributed by atoms with E-state index in [1.807, 2.05) is 6.07 Å². The lowest BCUT2D eigenvalue weighted by molar-refractivity contribution is 0.0603. The smallest absolute Gasteiger partial charge is 0.263 e. The number of alkyl halides is 3. The molecule has 1 aromatic carbocycles. The number of nitriles is 1. The van der Waals surface area contributed by atoms with Gasteiger partial charge in [-0.3, -0.25) is 4.90 Å². The topological polar surface area (TPSA) is 53.1 Å². The molecule has 1 fully saturated rings. The summed E-state index contributed by atoms with van der Waals surface area (Å²) < 4.78 is 53.2. The van der Waals surface area contributed by atoms with Crippen LogP contribution < -0.4 is 5.73 Å². The molecule has 0 aliphatic carbocycles. The predicted octanol–water partition coefficient (Wildman–Crippen LogP) is 2.92. The van der Waals surface area contributed by atoms with Gasteiger partial charge in [0, 0.05) is 30.8 Å². The Morgan fingerprint density at radius 2 is 2.18 bits per heavy atom. The minimum atomic E-state index is -2.68. The molecule has 2 rings (SSSR count). The Hall–Kier alpha value is -1.65. The third kappa shape index (κ3) is 3.57. The van der Waals surface area contributed by atoms with E-state index in [-0.39, 0.29) is 37.1 Å². The van der Waals surface area contributed by atoms with Crippen LogP contribution in [-0.4, -0.2) is 29.7 Å². The summed E-state index contributed by atoms with van der Waals surface area (Å²) in [5.41, 5.74) is 4.52. The number of benzene rings is 1. The Bertz CT molecular complexity index is 572. The van der Waals surface area contributed by atoms with E-state index < -0.39 is 24.0 Å². The molecule has 7 heteroatoms. The summed E-state index contributed by atoms with van der Waals surface area (Å²) in [6.07, 6.45) is -3.92. The van der Waals surface area contributed by atoms with Gasteiger partial charge in [-0.05, 0) is 18.6 Å². The van der Waals surface area contributed by atoms with Crippen LogP contribution in [0.15, 0.2) is 18.2 Å². The number of nitrogens with two attached hydrogens (primary N) is 1. The summed E-state index contributed by atoms with van der Waals surface area (Å²) >= 11 is 0. The predicted molar refractivity (Wildman–Crippen MR) is 73.3 cm³/mol. The molecule has 2 atom stereocenters.